The quantitative estimate of drug-likeness (QED) is 0.647. The summed E-state index contributed by atoms with van der Waals surface area (Å²) in [4.78, 5) is 12.4. The molecule has 1 N–H and O–H groups in total. The highest BCUT2D eigenvalue weighted by Gasteiger charge is 2.01. The first-order valence-electron chi connectivity index (χ1n) is 4.86. The SMILES string of the molecule is COCCNC(=O)CSc1ccc(Br)cc1. The minimum Gasteiger partial charge on any atom is -0.383 e. The van der Waals surface area contributed by atoms with Crippen molar-refractivity contribution in [2.75, 3.05) is 26.0 Å². The van der Waals surface area contributed by atoms with Gasteiger partial charge in [0.15, 0.2) is 0 Å². The second-order valence-corrected chi connectivity index (χ2v) is 5.05. The van der Waals surface area contributed by atoms with Crippen LogP contribution in [0.3, 0.4) is 0 Å². The van der Waals surface area contributed by atoms with E-state index in [9.17, 15) is 4.79 Å². The van der Waals surface area contributed by atoms with E-state index in [-0.39, 0.29) is 5.91 Å². The maximum atomic E-state index is 11.4. The van der Waals surface area contributed by atoms with Crippen molar-refractivity contribution < 1.29 is 9.53 Å². The Kier molecular flexibility index (Phi) is 6.52. The van der Waals surface area contributed by atoms with Gasteiger partial charge in [0.1, 0.15) is 0 Å². The zero-order chi connectivity index (χ0) is 11.8. The van der Waals surface area contributed by atoms with E-state index in [4.69, 9.17) is 4.74 Å². The molecule has 16 heavy (non-hydrogen) atoms. The first kappa shape index (κ1) is 13.5. The van der Waals surface area contributed by atoms with E-state index >= 15 is 0 Å². The molecule has 0 saturated carbocycles. The number of carbonyl (C=O) groups is 1. The van der Waals surface area contributed by atoms with Crippen molar-refractivity contribution in [1.29, 1.82) is 0 Å². The highest BCUT2D eigenvalue weighted by Crippen LogP contribution is 2.20. The first-order valence-corrected chi connectivity index (χ1v) is 6.64. The highest BCUT2D eigenvalue weighted by atomic mass is 79.9. The molecule has 1 rings (SSSR count). The molecule has 0 unspecified atom stereocenters. The van der Waals surface area contributed by atoms with E-state index in [0.717, 1.165) is 9.37 Å². The van der Waals surface area contributed by atoms with Gasteiger partial charge in [0, 0.05) is 23.0 Å². The van der Waals surface area contributed by atoms with Crippen molar-refractivity contribution in [2.45, 2.75) is 4.90 Å². The number of carbonyl (C=O) groups excluding carboxylic acids is 1. The maximum absolute atomic E-state index is 11.4. The van der Waals surface area contributed by atoms with Gasteiger partial charge in [0.05, 0.1) is 12.4 Å². The zero-order valence-corrected chi connectivity index (χ0v) is 11.4. The molecular weight excluding hydrogens is 290 g/mol. The molecule has 0 aromatic heterocycles. The van der Waals surface area contributed by atoms with E-state index in [1.165, 1.54) is 11.8 Å². The summed E-state index contributed by atoms with van der Waals surface area (Å²) in [5.74, 6) is 0.468. The molecule has 0 fully saturated rings. The summed E-state index contributed by atoms with van der Waals surface area (Å²) in [5, 5.41) is 2.77. The topological polar surface area (TPSA) is 38.3 Å². The third-order valence-corrected chi connectivity index (χ3v) is 3.35. The van der Waals surface area contributed by atoms with Gasteiger partial charge in [-0.25, -0.2) is 0 Å². The van der Waals surface area contributed by atoms with E-state index in [1.54, 1.807) is 7.11 Å². The number of nitrogens with one attached hydrogen (secondary N) is 1. The van der Waals surface area contributed by atoms with Crippen molar-refractivity contribution in [2.24, 2.45) is 0 Å². The number of methoxy groups -OCH3 is 1. The lowest BCUT2D eigenvalue weighted by Gasteiger charge is -2.04. The summed E-state index contributed by atoms with van der Waals surface area (Å²) in [5.41, 5.74) is 0. The number of benzene rings is 1. The Morgan fingerprint density at radius 3 is 2.75 bits per heavy atom. The predicted molar refractivity (Wildman–Crippen MR) is 69.8 cm³/mol. The molecular formula is C11H14BrNO2S. The first-order chi connectivity index (χ1) is 7.72. The van der Waals surface area contributed by atoms with Gasteiger partial charge in [-0.1, -0.05) is 15.9 Å². The zero-order valence-electron chi connectivity index (χ0n) is 9.03. The van der Waals surface area contributed by atoms with Crippen LogP contribution in [0.1, 0.15) is 0 Å². The predicted octanol–water partition coefficient (Wildman–Crippen LogP) is 2.30. The number of amides is 1. The second-order valence-electron chi connectivity index (χ2n) is 3.09. The van der Waals surface area contributed by atoms with Crippen LogP contribution in [0.15, 0.2) is 33.6 Å². The molecule has 0 bridgehead atoms. The van der Waals surface area contributed by atoms with E-state index in [2.05, 4.69) is 21.2 Å². The lowest BCUT2D eigenvalue weighted by Crippen LogP contribution is -2.28. The monoisotopic (exact) mass is 303 g/mol. The molecule has 0 spiro atoms. The number of ether oxygens (including phenoxy) is 1. The summed E-state index contributed by atoms with van der Waals surface area (Å²) in [6.45, 7) is 1.12. The van der Waals surface area contributed by atoms with Crippen LogP contribution in [-0.4, -0.2) is 31.9 Å². The molecule has 0 aliphatic carbocycles. The lowest BCUT2D eigenvalue weighted by molar-refractivity contribution is -0.118. The van der Waals surface area contributed by atoms with Crippen molar-refractivity contribution in [3.8, 4) is 0 Å². The highest BCUT2D eigenvalue weighted by molar-refractivity contribution is 9.10. The van der Waals surface area contributed by atoms with Gasteiger partial charge in [-0.05, 0) is 24.3 Å². The molecule has 0 saturated heterocycles. The van der Waals surface area contributed by atoms with E-state index in [1.807, 2.05) is 24.3 Å². The molecule has 1 aromatic carbocycles. The minimum atomic E-state index is 0.0324. The summed E-state index contributed by atoms with van der Waals surface area (Å²) in [6.07, 6.45) is 0. The van der Waals surface area contributed by atoms with Crippen molar-refractivity contribution in [3.05, 3.63) is 28.7 Å². The van der Waals surface area contributed by atoms with Gasteiger partial charge in [0.25, 0.3) is 0 Å². The van der Waals surface area contributed by atoms with E-state index in [0.29, 0.717) is 18.9 Å². The van der Waals surface area contributed by atoms with Crippen LogP contribution in [0.2, 0.25) is 0 Å². The standard InChI is InChI=1S/C11H14BrNO2S/c1-15-7-6-13-11(14)8-16-10-4-2-9(12)3-5-10/h2-5H,6-8H2,1H3,(H,13,14). The van der Waals surface area contributed by atoms with Crippen LogP contribution in [-0.2, 0) is 9.53 Å². The molecule has 1 aromatic rings. The van der Waals surface area contributed by atoms with Crippen LogP contribution in [0.25, 0.3) is 0 Å². The lowest BCUT2D eigenvalue weighted by atomic mass is 10.4. The average molecular weight is 304 g/mol. The Bertz CT molecular complexity index is 329. The molecule has 0 aliphatic heterocycles. The second kappa shape index (κ2) is 7.70. The van der Waals surface area contributed by atoms with Gasteiger partial charge in [-0.15, -0.1) is 11.8 Å². The van der Waals surface area contributed by atoms with Gasteiger partial charge < -0.3 is 10.1 Å². The summed E-state index contributed by atoms with van der Waals surface area (Å²) in [7, 11) is 1.61. The fraction of sp³-hybridized carbons (Fsp3) is 0.364. The minimum absolute atomic E-state index is 0.0324. The molecule has 5 heteroatoms. The maximum Gasteiger partial charge on any atom is 0.230 e. The van der Waals surface area contributed by atoms with Crippen LogP contribution >= 0.6 is 27.7 Å². The summed E-state index contributed by atoms with van der Waals surface area (Å²) >= 11 is 4.89. The fourth-order valence-corrected chi connectivity index (χ4v) is 2.02. The average Bonchev–Trinajstić information content (AvgIpc) is 2.29. The third kappa shape index (κ3) is 5.53. The van der Waals surface area contributed by atoms with Crippen molar-refractivity contribution in [3.63, 3.8) is 0 Å². The molecule has 1 amide bonds. The van der Waals surface area contributed by atoms with Gasteiger partial charge in [-0.3, -0.25) is 4.79 Å². The number of thioether (sulfide) groups is 1. The van der Waals surface area contributed by atoms with Crippen LogP contribution in [0.5, 0.6) is 0 Å². The third-order valence-electron chi connectivity index (χ3n) is 1.81. The summed E-state index contributed by atoms with van der Waals surface area (Å²) < 4.78 is 5.88. The van der Waals surface area contributed by atoms with Crippen LogP contribution in [0.4, 0.5) is 0 Å². The molecule has 88 valence electrons. The largest absolute Gasteiger partial charge is 0.383 e. The molecule has 0 aliphatic rings. The van der Waals surface area contributed by atoms with Crippen LogP contribution < -0.4 is 5.32 Å². The van der Waals surface area contributed by atoms with Crippen molar-refractivity contribution in [1.82, 2.24) is 5.32 Å². The normalized spacial score (nSPS) is 10.1. The molecule has 0 atom stereocenters. The summed E-state index contributed by atoms with van der Waals surface area (Å²) in [6, 6.07) is 7.89. The fourth-order valence-electron chi connectivity index (χ4n) is 1.02. The van der Waals surface area contributed by atoms with Gasteiger partial charge in [-0.2, -0.15) is 0 Å². The van der Waals surface area contributed by atoms with Crippen LogP contribution in [0, 0.1) is 0 Å². The van der Waals surface area contributed by atoms with Crippen molar-refractivity contribution >= 4 is 33.6 Å². The Labute approximate surface area is 108 Å². The Morgan fingerprint density at radius 1 is 1.44 bits per heavy atom. The smallest absolute Gasteiger partial charge is 0.230 e. The Balaban J connectivity index is 2.23. The number of hydrogen-bond acceptors (Lipinski definition) is 3. The number of hydrogen-bond donors (Lipinski definition) is 1. The molecule has 0 heterocycles. The molecule has 3 nitrogen and oxygen atoms in total. The van der Waals surface area contributed by atoms with Gasteiger partial charge in [0.2, 0.25) is 5.91 Å². The number of halogens is 1. The molecule has 0 radical (unpaired) electrons. The van der Waals surface area contributed by atoms with Gasteiger partial charge >= 0.3 is 0 Å². The Hall–Kier alpha value is -0.520. The Morgan fingerprint density at radius 2 is 2.12 bits per heavy atom. The number of rotatable bonds is 6. The van der Waals surface area contributed by atoms with E-state index < -0.39 is 0 Å².